The molecule has 0 aliphatic rings. The molecule has 0 unspecified atom stereocenters. The normalized spacial score (nSPS) is 11.9. The summed E-state index contributed by atoms with van der Waals surface area (Å²) < 4.78 is 5.89. The number of carbonyl (C=O) groups is 1. The van der Waals surface area contributed by atoms with Crippen molar-refractivity contribution in [2.75, 3.05) is 5.32 Å². The number of fused-ring (bicyclic) bond motifs is 1. The van der Waals surface area contributed by atoms with Crippen molar-refractivity contribution in [3.63, 3.8) is 0 Å². The standard InChI is InChI=1S/C24H21N3O4/c1-3-15(2)17-9-12-22-21(14-17)26-24(31-22)16-7-10-19(11-8-16)25-23(28)18-5-4-6-20(13-18)27(29)30/h4-15H,3H2,1-2H3,(H,25,28)/t15-/m0/s1. The molecule has 0 aliphatic heterocycles. The van der Waals surface area contributed by atoms with E-state index in [1.807, 2.05) is 18.2 Å². The number of amides is 1. The quantitative estimate of drug-likeness (QED) is 0.300. The van der Waals surface area contributed by atoms with E-state index in [-0.39, 0.29) is 11.3 Å². The number of oxazole rings is 1. The topological polar surface area (TPSA) is 98.3 Å². The number of nitro benzene ring substituents is 1. The van der Waals surface area contributed by atoms with Gasteiger partial charge in [-0.3, -0.25) is 14.9 Å². The summed E-state index contributed by atoms with van der Waals surface area (Å²) in [5, 5.41) is 13.6. The number of benzene rings is 3. The highest BCUT2D eigenvalue weighted by Crippen LogP contribution is 2.28. The van der Waals surface area contributed by atoms with Crippen LogP contribution in [-0.4, -0.2) is 15.8 Å². The van der Waals surface area contributed by atoms with Crippen molar-refractivity contribution < 1.29 is 14.1 Å². The van der Waals surface area contributed by atoms with E-state index >= 15 is 0 Å². The largest absolute Gasteiger partial charge is 0.436 e. The lowest BCUT2D eigenvalue weighted by Gasteiger charge is -2.07. The van der Waals surface area contributed by atoms with Gasteiger partial charge in [-0.25, -0.2) is 4.98 Å². The molecule has 0 radical (unpaired) electrons. The molecule has 31 heavy (non-hydrogen) atoms. The van der Waals surface area contributed by atoms with Crippen molar-refractivity contribution in [3.05, 3.63) is 88.0 Å². The van der Waals surface area contributed by atoms with Crippen molar-refractivity contribution >= 4 is 28.4 Å². The predicted molar refractivity (Wildman–Crippen MR) is 119 cm³/mol. The van der Waals surface area contributed by atoms with Crippen LogP contribution in [0, 0.1) is 10.1 Å². The molecule has 1 heterocycles. The fraction of sp³-hybridized carbons (Fsp3) is 0.167. The van der Waals surface area contributed by atoms with Gasteiger partial charge in [-0.15, -0.1) is 0 Å². The minimum absolute atomic E-state index is 0.129. The molecule has 0 saturated carbocycles. The van der Waals surface area contributed by atoms with Crippen LogP contribution in [0.4, 0.5) is 11.4 Å². The summed E-state index contributed by atoms with van der Waals surface area (Å²) in [5.41, 5.74) is 4.21. The minimum Gasteiger partial charge on any atom is -0.436 e. The maximum Gasteiger partial charge on any atom is 0.270 e. The fourth-order valence-electron chi connectivity index (χ4n) is 3.27. The predicted octanol–water partition coefficient (Wildman–Crippen LogP) is 6.17. The summed E-state index contributed by atoms with van der Waals surface area (Å²) in [6, 6.07) is 18.8. The average Bonchev–Trinajstić information content (AvgIpc) is 3.22. The number of anilines is 1. The number of nitro groups is 1. The van der Waals surface area contributed by atoms with E-state index < -0.39 is 10.8 Å². The van der Waals surface area contributed by atoms with Crippen molar-refractivity contribution in [2.24, 2.45) is 0 Å². The number of non-ortho nitro benzene ring substituents is 1. The van der Waals surface area contributed by atoms with E-state index in [0.29, 0.717) is 17.5 Å². The van der Waals surface area contributed by atoms with Gasteiger partial charge in [-0.05, 0) is 60.4 Å². The van der Waals surface area contributed by atoms with Crippen molar-refractivity contribution in [3.8, 4) is 11.5 Å². The Morgan fingerprint density at radius 3 is 2.61 bits per heavy atom. The van der Waals surface area contributed by atoms with Crippen LogP contribution >= 0.6 is 0 Å². The summed E-state index contributed by atoms with van der Waals surface area (Å²) in [6.45, 7) is 4.34. The Hall–Kier alpha value is -4.00. The van der Waals surface area contributed by atoms with Crippen LogP contribution in [0.1, 0.15) is 42.1 Å². The molecule has 7 nitrogen and oxygen atoms in total. The Labute approximate surface area is 178 Å². The van der Waals surface area contributed by atoms with Crippen LogP contribution in [0.3, 0.4) is 0 Å². The second-order valence-electron chi connectivity index (χ2n) is 7.39. The number of hydrogen-bond donors (Lipinski definition) is 1. The maximum atomic E-state index is 12.4. The Bertz CT molecular complexity index is 1260. The van der Waals surface area contributed by atoms with Gasteiger partial charge in [-0.1, -0.05) is 26.0 Å². The van der Waals surface area contributed by atoms with Crippen molar-refractivity contribution in [2.45, 2.75) is 26.2 Å². The maximum absolute atomic E-state index is 12.4. The summed E-state index contributed by atoms with van der Waals surface area (Å²) in [6.07, 6.45) is 1.06. The van der Waals surface area contributed by atoms with Gasteiger partial charge in [0, 0.05) is 28.9 Å². The molecule has 1 aromatic heterocycles. The molecule has 3 aromatic carbocycles. The van der Waals surface area contributed by atoms with Crippen LogP contribution in [0.25, 0.3) is 22.6 Å². The number of hydrogen-bond acceptors (Lipinski definition) is 5. The van der Waals surface area contributed by atoms with E-state index in [1.165, 1.54) is 29.8 Å². The van der Waals surface area contributed by atoms with Crippen LogP contribution < -0.4 is 5.32 Å². The zero-order valence-corrected chi connectivity index (χ0v) is 17.2. The lowest BCUT2D eigenvalue weighted by atomic mass is 9.98. The van der Waals surface area contributed by atoms with E-state index in [9.17, 15) is 14.9 Å². The molecule has 1 atom stereocenters. The molecule has 0 saturated heterocycles. The number of aromatic nitrogens is 1. The minimum atomic E-state index is -0.530. The number of nitrogens with one attached hydrogen (secondary N) is 1. The third kappa shape index (κ3) is 4.30. The number of nitrogens with zero attached hydrogens (tertiary/aromatic N) is 2. The Balaban J connectivity index is 1.52. The highest BCUT2D eigenvalue weighted by Gasteiger charge is 2.13. The van der Waals surface area contributed by atoms with Gasteiger partial charge in [0.05, 0.1) is 4.92 Å². The van der Waals surface area contributed by atoms with Gasteiger partial charge in [-0.2, -0.15) is 0 Å². The van der Waals surface area contributed by atoms with E-state index in [1.54, 1.807) is 12.1 Å². The zero-order valence-electron chi connectivity index (χ0n) is 17.2. The van der Waals surface area contributed by atoms with Crippen LogP contribution in [-0.2, 0) is 0 Å². The fourth-order valence-corrected chi connectivity index (χ4v) is 3.27. The first-order valence-electron chi connectivity index (χ1n) is 10.0. The van der Waals surface area contributed by atoms with Crippen molar-refractivity contribution in [1.82, 2.24) is 4.98 Å². The van der Waals surface area contributed by atoms with Crippen LogP contribution in [0.2, 0.25) is 0 Å². The smallest absolute Gasteiger partial charge is 0.270 e. The average molecular weight is 415 g/mol. The summed E-state index contributed by atoms with van der Waals surface area (Å²) in [5.74, 6) is 0.544. The second-order valence-corrected chi connectivity index (χ2v) is 7.39. The van der Waals surface area contributed by atoms with Gasteiger partial charge in [0.1, 0.15) is 5.52 Å². The molecular weight excluding hydrogens is 394 g/mol. The first-order valence-corrected chi connectivity index (χ1v) is 10.0. The van der Waals surface area contributed by atoms with Gasteiger partial charge < -0.3 is 9.73 Å². The molecule has 0 bridgehead atoms. The second kappa shape index (κ2) is 8.39. The SMILES string of the molecule is CC[C@H](C)c1ccc2oc(-c3ccc(NC(=O)c4cccc([N+](=O)[O-])c4)cc3)nc2c1. The monoisotopic (exact) mass is 415 g/mol. The van der Waals surface area contributed by atoms with E-state index in [0.717, 1.165) is 23.1 Å². The summed E-state index contributed by atoms with van der Waals surface area (Å²) >= 11 is 0. The van der Waals surface area contributed by atoms with E-state index in [2.05, 4.69) is 36.3 Å². The lowest BCUT2D eigenvalue weighted by Crippen LogP contribution is -2.11. The first-order chi connectivity index (χ1) is 14.9. The molecule has 156 valence electrons. The highest BCUT2D eigenvalue weighted by atomic mass is 16.6. The molecule has 0 aliphatic carbocycles. The van der Waals surface area contributed by atoms with Gasteiger partial charge >= 0.3 is 0 Å². The molecular formula is C24H21N3O4. The zero-order chi connectivity index (χ0) is 22.0. The van der Waals surface area contributed by atoms with Gasteiger partial charge in [0.2, 0.25) is 5.89 Å². The van der Waals surface area contributed by atoms with Gasteiger partial charge in [0.15, 0.2) is 5.58 Å². The van der Waals surface area contributed by atoms with Crippen LogP contribution in [0.5, 0.6) is 0 Å². The number of rotatable bonds is 6. The Morgan fingerprint density at radius 2 is 1.90 bits per heavy atom. The Kier molecular flexibility index (Phi) is 5.49. The highest BCUT2D eigenvalue weighted by molar-refractivity contribution is 6.04. The summed E-state index contributed by atoms with van der Waals surface area (Å²) in [7, 11) is 0. The number of carbonyl (C=O) groups excluding carboxylic acids is 1. The van der Waals surface area contributed by atoms with Crippen LogP contribution in [0.15, 0.2) is 71.1 Å². The molecule has 7 heteroatoms. The lowest BCUT2D eigenvalue weighted by molar-refractivity contribution is -0.384. The molecule has 1 N–H and O–H groups in total. The van der Waals surface area contributed by atoms with E-state index in [4.69, 9.17) is 4.42 Å². The molecule has 0 fully saturated rings. The first kappa shape index (κ1) is 20.3. The molecule has 1 amide bonds. The molecule has 4 rings (SSSR count). The molecule has 0 spiro atoms. The van der Waals surface area contributed by atoms with Crippen molar-refractivity contribution in [1.29, 1.82) is 0 Å². The van der Waals surface area contributed by atoms with Gasteiger partial charge in [0.25, 0.3) is 11.6 Å². The third-order valence-electron chi connectivity index (χ3n) is 5.30. The molecule has 4 aromatic rings. The third-order valence-corrected chi connectivity index (χ3v) is 5.30. The Morgan fingerprint density at radius 1 is 1.13 bits per heavy atom. The summed E-state index contributed by atoms with van der Waals surface area (Å²) in [4.78, 5) is 27.4.